The van der Waals surface area contributed by atoms with E-state index in [-0.39, 0.29) is 6.61 Å². The summed E-state index contributed by atoms with van der Waals surface area (Å²) in [6, 6.07) is -0.444. The molecule has 1 atom stereocenters. The average molecular weight is 299 g/mol. The number of aliphatic hydroxyl groups is 1. The zero-order chi connectivity index (χ0) is 15.8. The Morgan fingerprint density at radius 1 is 0.950 bits per heavy atom. The van der Waals surface area contributed by atoms with Gasteiger partial charge in [0.1, 0.15) is 0 Å². The van der Waals surface area contributed by atoms with Gasteiger partial charge in [0.15, 0.2) is 0 Å². The number of hydrogen-bond acceptors (Lipinski definition) is 3. The molecule has 20 heavy (non-hydrogen) atoms. The molecule has 0 aromatic heterocycles. The molecule has 0 saturated heterocycles. The summed E-state index contributed by atoms with van der Waals surface area (Å²) in [6.45, 7) is 11.1. The molecule has 4 nitrogen and oxygen atoms in total. The third-order valence-corrected chi connectivity index (χ3v) is 6.70. The van der Waals surface area contributed by atoms with Gasteiger partial charge >= 0.3 is 0 Å². The summed E-state index contributed by atoms with van der Waals surface area (Å²) in [5, 5.41) is 9.20. The van der Waals surface area contributed by atoms with Gasteiger partial charge in [0.2, 0.25) is 10.0 Å². The maximum atomic E-state index is 12.8. The molecule has 1 N–H and O–H groups in total. The van der Waals surface area contributed by atoms with E-state index in [0.717, 1.165) is 27.8 Å². The molecule has 1 unspecified atom stereocenters. The van der Waals surface area contributed by atoms with Gasteiger partial charge in [-0.15, -0.1) is 0 Å². The highest BCUT2D eigenvalue weighted by Gasteiger charge is 2.30. The zero-order valence-corrected chi connectivity index (χ0v) is 14.2. The number of benzene rings is 1. The van der Waals surface area contributed by atoms with Gasteiger partial charge in [0.05, 0.1) is 11.5 Å². The van der Waals surface area contributed by atoms with E-state index in [1.807, 2.05) is 34.6 Å². The minimum Gasteiger partial charge on any atom is -0.395 e. The van der Waals surface area contributed by atoms with Crippen LogP contribution < -0.4 is 0 Å². The molecule has 0 heterocycles. The minimum atomic E-state index is -3.60. The van der Waals surface area contributed by atoms with E-state index in [0.29, 0.717) is 4.90 Å². The van der Waals surface area contributed by atoms with Crippen LogP contribution in [-0.4, -0.2) is 37.5 Å². The second-order valence-electron chi connectivity index (χ2n) is 5.51. The molecular formula is C15H25NO3S. The molecule has 0 saturated carbocycles. The number of aliphatic hydroxyl groups excluding tert-OH is 1. The zero-order valence-electron chi connectivity index (χ0n) is 13.4. The first-order valence-electron chi connectivity index (χ1n) is 6.73. The maximum Gasteiger partial charge on any atom is 0.243 e. The monoisotopic (exact) mass is 299 g/mol. The van der Waals surface area contributed by atoms with E-state index in [2.05, 4.69) is 0 Å². The van der Waals surface area contributed by atoms with Crippen LogP contribution in [0, 0.1) is 34.6 Å². The van der Waals surface area contributed by atoms with Crippen LogP contribution in [0.25, 0.3) is 0 Å². The highest BCUT2D eigenvalue weighted by molar-refractivity contribution is 7.89. The van der Waals surface area contributed by atoms with Crippen molar-refractivity contribution in [1.82, 2.24) is 4.31 Å². The maximum absolute atomic E-state index is 12.8. The molecule has 1 aromatic rings. The third-order valence-electron chi connectivity index (χ3n) is 4.45. The summed E-state index contributed by atoms with van der Waals surface area (Å²) in [4.78, 5) is 0.376. The first-order chi connectivity index (χ1) is 9.07. The molecular weight excluding hydrogens is 274 g/mol. The van der Waals surface area contributed by atoms with Crippen LogP contribution in [0.3, 0.4) is 0 Å². The summed E-state index contributed by atoms with van der Waals surface area (Å²) in [6.07, 6.45) is 0. The second kappa shape index (κ2) is 5.84. The van der Waals surface area contributed by atoms with Gasteiger partial charge in [0.25, 0.3) is 0 Å². The van der Waals surface area contributed by atoms with E-state index in [9.17, 15) is 13.5 Å². The molecule has 0 fully saturated rings. The van der Waals surface area contributed by atoms with Gasteiger partial charge < -0.3 is 5.11 Å². The van der Waals surface area contributed by atoms with E-state index < -0.39 is 16.1 Å². The van der Waals surface area contributed by atoms with Crippen molar-refractivity contribution in [2.24, 2.45) is 0 Å². The van der Waals surface area contributed by atoms with Gasteiger partial charge in [0, 0.05) is 13.1 Å². The van der Waals surface area contributed by atoms with E-state index in [1.165, 1.54) is 11.4 Å². The standard InChI is InChI=1S/C15H25NO3S/c1-9(8-17)16(7)20(18,19)15-13(5)11(3)10(2)12(4)14(15)6/h9,17H,8H2,1-7H3. The Morgan fingerprint density at radius 3 is 1.65 bits per heavy atom. The molecule has 0 bridgehead atoms. The van der Waals surface area contributed by atoms with Crippen LogP contribution in [0.1, 0.15) is 34.7 Å². The number of sulfonamides is 1. The lowest BCUT2D eigenvalue weighted by atomic mass is 9.95. The number of rotatable bonds is 4. The molecule has 0 spiro atoms. The number of nitrogens with zero attached hydrogens (tertiary/aromatic N) is 1. The Balaban J connectivity index is 3.63. The first kappa shape index (κ1) is 17.1. The minimum absolute atomic E-state index is 0.197. The van der Waals surface area contributed by atoms with Gasteiger partial charge in [-0.05, 0) is 69.4 Å². The Labute approximate surface area is 122 Å². The van der Waals surface area contributed by atoms with Gasteiger partial charge in [-0.3, -0.25) is 0 Å². The lowest BCUT2D eigenvalue weighted by molar-refractivity contribution is 0.213. The Morgan fingerprint density at radius 2 is 1.30 bits per heavy atom. The molecule has 1 aromatic carbocycles. The summed E-state index contributed by atoms with van der Waals surface area (Å²) in [5.74, 6) is 0. The lowest BCUT2D eigenvalue weighted by Crippen LogP contribution is -2.38. The summed E-state index contributed by atoms with van der Waals surface area (Å²) in [7, 11) is -2.09. The topological polar surface area (TPSA) is 57.6 Å². The summed E-state index contributed by atoms with van der Waals surface area (Å²) in [5.41, 5.74) is 4.75. The molecule has 0 radical (unpaired) electrons. The Hall–Kier alpha value is -0.910. The fourth-order valence-electron chi connectivity index (χ4n) is 2.35. The smallest absolute Gasteiger partial charge is 0.243 e. The molecule has 5 heteroatoms. The number of hydrogen-bond donors (Lipinski definition) is 1. The van der Waals surface area contributed by atoms with Crippen molar-refractivity contribution >= 4 is 10.0 Å². The van der Waals surface area contributed by atoms with Gasteiger partial charge in [-0.25, -0.2) is 8.42 Å². The van der Waals surface area contributed by atoms with Crippen LogP contribution >= 0.6 is 0 Å². The van der Waals surface area contributed by atoms with E-state index >= 15 is 0 Å². The molecule has 114 valence electrons. The molecule has 0 aliphatic carbocycles. The molecule has 0 aliphatic heterocycles. The predicted molar refractivity (Wildman–Crippen MR) is 81.6 cm³/mol. The Kier molecular flexibility index (Phi) is 5.00. The van der Waals surface area contributed by atoms with Crippen molar-refractivity contribution in [1.29, 1.82) is 0 Å². The van der Waals surface area contributed by atoms with Crippen LogP contribution in [-0.2, 0) is 10.0 Å². The quantitative estimate of drug-likeness (QED) is 0.927. The summed E-state index contributed by atoms with van der Waals surface area (Å²) < 4.78 is 26.9. The van der Waals surface area contributed by atoms with Crippen LogP contribution in [0.4, 0.5) is 0 Å². The van der Waals surface area contributed by atoms with Crippen molar-refractivity contribution in [2.75, 3.05) is 13.7 Å². The van der Waals surface area contributed by atoms with Crippen LogP contribution in [0.2, 0.25) is 0 Å². The second-order valence-corrected chi connectivity index (χ2v) is 7.44. The van der Waals surface area contributed by atoms with Crippen molar-refractivity contribution in [3.05, 3.63) is 27.8 Å². The normalized spacial score (nSPS) is 13.8. The molecule has 0 amide bonds. The van der Waals surface area contributed by atoms with Gasteiger partial charge in [-0.2, -0.15) is 4.31 Å². The summed E-state index contributed by atoms with van der Waals surface area (Å²) >= 11 is 0. The SMILES string of the molecule is Cc1c(C)c(C)c(S(=O)(=O)N(C)C(C)CO)c(C)c1C. The van der Waals surface area contributed by atoms with E-state index in [1.54, 1.807) is 6.92 Å². The Bertz CT molecular complexity index is 591. The highest BCUT2D eigenvalue weighted by Crippen LogP contribution is 2.31. The largest absolute Gasteiger partial charge is 0.395 e. The number of likely N-dealkylation sites (N-methyl/N-ethyl adjacent to an activating group) is 1. The third kappa shape index (κ3) is 2.62. The van der Waals surface area contributed by atoms with Crippen LogP contribution in [0.5, 0.6) is 0 Å². The fraction of sp³-hybridized carbons (Fsp3) is 0.600. The average Bonchev–Trinajstić information content (AvgIpc) is 2.41. The van der Waals surface area contributed by atoms with Crippen molar-refractivity contribution < 1.29 is 13.5 Å². The van der Waals surface area contributed by atoms with Crippen molar-refractivity contribution in [3.8, 4) is 0 Å². The van der Waals surface area contributed by atoms with E-state index in [4.69, 9.17) is 0 Å². The fourth-order valence-corrected chi connectivity index (χ4v) is 4.26. The van der Waals surface area contributed by atoms with Gasteiger partial charge in [-0.1, -0.05) is 0 Å². The van der Waals surface area contributed by atoms with Crippen LogP contribution in [0.15, 0.2) is 4.90 Å². The molecule has 1 rings (SSSR count). The molecule has 0 aliphatic rings. The highest BCUT2D eigenvalue weighted by atomic mass is 32.2. The van der Waals surface area contributed by atoms with Crippen molar-refractivity contribution in [2.45, 2.75) is 52.5 Å². The predicted octanol–water partition coefficient (Wildman–Crippen LogP) is 2.23. The first-order valence-corrected chi connectivity index (χ1v) is 8.17. The lowest BCUT2D eigenvalue weighted by Gasteiger charge is -2.26. The van der Waals surface area contributed by atoms with Crippen molar-refractivity contribution in [3.63, 3.8) is 0 Å².